The summed E-state index contributed by atoms with van der Waals surface area (Å²) < 4.78 is 5.47. The molecule has 0 aliphatic rings. The van der Waals surface area contributed by atoms with Crippen LogP contribution in [0.1, 0.15) is 399 Å². The van der Waals surface area contributed by atoms with Gasteiger partial charge < -0.3 is 20.3 Å². The first kappa shape index (κ1) is 76.3. The average molecular weight is 1100 g/mol. The van der Waals surface area contributed by atoms with Crippen LogP contribution in [-0.4, -0.2) is 47.4 Å². The van der Waals surface area contributed by atoms with Crippen molar-refractivity contribution >= 4 is 11.9 Å². The van der Waals surface area contributed by atoms with Crippen LogP contribution in [0.25, 0.3) is 0 Å². The minimum Gasteiger partial charge on any atom is -0.466 e. The topological polar surface area (TPSA) is 95.9 Å². The lowest BCUT2D eigenvalue weighted by atomic mass is 10.0. The molecule has 3 N–H and O–H groups in total. The van der Waals surface area contributed by atoms with Crippen LogP contribution in [0.2, 0.25) is 0 Å². The largest absolute Gasteiger partial charge is 0.466 e. The van der Waals surface area contributed by atoms with Crippen LogP contribution in [0.4, 0.5) is 0 Å². The van der Waals surface area contributed by atoms with Crippen LogP contribution in [0.15, 0.2) is 24.3 Å². The van der Waals surface area contributed by atoms with E-state index in [4.69, 9.17) is 4.74 Å². The van der Waals surface area contributed by atoms with E-state index in [1.807, 2.05) is 6.08 Å². The molecule has 6 heteroatoms. The number of esters is 1. The summed E-state index contributed by atoms with van der Waals surface area (Å²) in [4.78, 5) is 24.5. The van der Waals surface area contributed by atoms with Crippen LogP contribution in [0.5, 0.6) is 0 Å². The molecule has 0 bridgehead atoms. The number of carbonyl (C=O) groups is 2. The summed E-state index contributed by atoms with van der Waals surface area (Å²) in [6, 6.07) is -0.626. The van der Waals surface area contributed by atoms with Gasteiger partial charge in [-0.2, -0.15) is 0 Å². The lowest BCUT2D eigenvalue weighted by Gasteiger charge is -2.20. The van der Waals surface area contributed by atoms with Gasteiger partial charge in [0.1, 0.15) is 0 Å². The van der Waals surface area contributed by atoms with Gasteiger partial charge in [-0.15, -0.1) is 0 Å². The standard InChI is InChI=1S/C72H139NO5/c1-3-5-7-9-11-13-15-16-17-18-32-35-38-41-45-48-52-56-60-64-70(75)69(68-74)73-71(76)65-61-57-53-49-46-42-39-36-33-30-28-26-24-22-20-19-21-23-25-27-29-31-34-37-40-43-47-51-55-59-63-67-78-72(77)66-62-58-54-50-44-14-12-10-8-6-4-2/h21,23,60,64,69-70,74-75H,3-20,22,24-59,61-63,65-68H2,1-2H3,(H,73,76)/b23-21-,64-60+. The lowest BCUT2D eigenvalue weighted by molar-refractivity contribution is -0.143. The number of allylic oxidation sites excluding steroid dienone is 3. The van der Waals surface area contributed by atoms with Gasteiger partial charge in [-0.1, -0.05) is 353 Å². The fourth-order valence-corrected chi connectivity index (χ4v) is 11.3. The number of hydrogen-bond acceptors (Lipinski definition) is 5. The minimum absolute atomic E-state index is 0.0177. The van der Waals surface area contributed by atoms with Crippen molar-refractivity contribution in [3.8, 4) is 0 Å². The molecule has 0 aromatic rings. The molecule has 6 nitrogen and oxygen atoms in total. The summed E-state index contributed by atoms with van der Waals surface area (Å²) in [5.41, 5.74) is 0. The number of unbranched alkanes of at least 4 members (excludes halogenated alkanes) is 54. The van der Waals surface area contributed by atoms with E-state index < -0.39 is 12.1 Å². The zero-order chi connectivity index (χ0) is 56.4. The van der Waals surface area contributed by atoms with Crippen molar-refractivity contribution in [3.63, 3.8) is 0 Å². The van der Waals surface area contributed by atoms with Crippen molar-refractivity contribution in [2.45, 2.75) is 411 Å². The van der Waals surface area contributed by atoms with Crippen LogP contribution in [-0.2, 0) is 14.3 Å². The molecular formula is C72H139NO5. The summed E-state index contributed by atoms with van der Waals surface area (Å²) in [6.07, 6.45) is 85.5. The second-order valence-electron chi connectivity index (χ2n) is 24.6. The van der Waals surface area contributed by atoms with Gasteiger partial charge in [0, 0.05) is 12.8 Å². The minimum atomic E-state index is -0.843. The first-order chi connectivity index (χ1) is 38.5. The highest BCUT2D eigenvalue weighted by atomic mass is 16.5. The molecule has 0 heterocycles. The Hall–Kier alpha value is -1.66. The zero-order valence-corrected chi connectivity index (χ0v) is 52.9. The molecule has 462 valence electrons. The van der Waals surface area contributed by atoms with E-state index >= 15 is 0 Å². The maximum atomic E-state index is 12.5. The summed E-state index contributed by atoms with van der Waals surface area (Å²) in [5, 5.41) is 23.2. The highest BCUT2D eigenvalue weighted by Crippen LogP contribution is 2.19. The third-order valence-corrected chi connectivity index (χ3v) is 16.7. The molecule has 0 fully saturated rings. The molecule has 2 atom stereocenters. The van der Waals surface area contributed by atoms with Crippen LogP contribution < -0.4 is 5.32 Å². The maximum absolute atomic E-state index is 12.5. The number of aliphatic hydroxyl groups is 2. The highest BCUT2D eigenvalue weighted by Gasteiger charge is 2.18. The number of nitrogens with one attached hydrogen (secondary N) is 1. The van der Waals surface area contributed by atoms with Crippen molar-refractivity contribution in [3.05, 3.63) is 24.3 Å². The Kier molecular flexibility index (Phi) is 66.4. The second-order valence-corrected chi connectivity index (χ2v) is 24.6. The van der Waals surface area contributed by atoms with E-state index in [0.717, 1.165) is 38.5 Å². The Morgan fingerprint density at radius 2 is 0.603 bits per heavy atom. The van der Waals surface area contributed by atoms with Crippen molar-refractivity contribution in [2.75, 3.05) is 13.2 Å². The number of amides is 1. The average Bonchev–Trinajstić information content (AvgIpc) is 3.44. The molecule has 0 aromatic carbocycles. The molecule has 2 unspecified atom stereocenters. The first-order valence-electron chi connectivity index (χ1n) is 35.6. The summed E-state index contributed by atoms with van der Waals surface area (Å²) >= 11 is 0. The van der Waals surface area contributed by atoms with E-state index in [1.54, 1.807) is 6.08 Å². The number of hydrogen-bond donors (Lipinski definition) is 3. The van der Waals surface area contributed by atoms with Crippen molar-refractivity contribution in [2.24, 2.45) is 0 Å². The maximum Gasteiger partial charge on any atom is 0.305 e. The molecule has 0 rings (SSSR count). The van der Waals surface area contributed by atoms with Gasteiger partial charge in [0.15, 0.2) is 0 Å². The zero-order valence-electron chi connectivity index (χ0n) is 52.9. The molecule has 78 heavy (non-hydrogen) atoms. The summed E-state index contributed by atoms with van der Waals surface area (Å²) in [5.74, 6) is -0.0444. The molecule has 0 aliphatic heterocycles. The molecule has 0 saturated carbocycles. The predicted molar refractivity (Wildman–Crippen MR) is 343 cm³/mol. The number of rotatable bonds is 67. The Bertz CT molecular complexity index is 1220. The van der Waals surface area contributed by atoms with Crippen LogP contribution in [0.3, 0.4) is 0 Å². The Labute approximate surface area is 488 Å². The normalized spacial score (nSPS) is 12.6. The third kappa shape index (κ3) is 63.5. The number of ether oxygens (including phenoxy) is 1. The molecule has 0 saturated heterocycles. The molecule has 0 aliphatic carbocycles. The molecule has 0 spiro atoms. The Balaban J connectivity index is 3.38. The van der Waals surface area contributed by atoms with Crippen LogP contribution in [0, 0.1) is 0 Å². The summed E-state index contributed by atoms with van der Waals surface area (Å²) in [6.45, 7) is 4.94. The van der Waals surface area contributed by atoms with Crippen LogP contribution >= 0.6 is 0 Å². The van der Waals surface area contributed by atoms with Crippen molar-refractivity contribution in [1.82, 2.24) is 5.32 Å². The number of aliphatic hydroxyl groups excluding tert-OH is 2. The van der Waals surface area contributed by atoms with Gasteiger partial charge in [0.25, 0.3) is 0 Å². The van der Waals surface area contributed by atoms with Gasteiger partial charge in [-0.3, -0.25) is 9.59 Å². The van der Waals surface area contributed by atoms with E-state index in [-0.39, 0.29) is 18.5 Å². The third-order valence-electron chi connectivity index (χ3n) is 16.7. The van der Waals surface area contributed by atoms with Gasteiger partial charge in [-0.25, -0.2) is 0 Å². The quantitative estimate of drug-likeness (QED) is 0.0320. The number of carbonyl (C=O) groups excluding carboxylic acids is 2. The molecule has 1 amide bonds. The van der Waals surface area contributed by atoms with Crippen molar-refractivity contribution < 1.29 is 24.5 Å². The highest BCUT2D eigenvalue weighted by molar-refractivity contribution is 5.76. The van der Waals surface area contributed by atoms with Gasteiger partial charge >= 0.3 is 5.97 Å². The van der Waals surface area contributed by atoms with Gasteiger partial charge in [0.2, 0.25) is 5.91 Å². The predicted octanol–water partition coefficient (Wildman–Crippen LogP) is 22.9. The van der Waals surface area contributed by atoms with E-state index in [9.17, 15) is 19.8 Å². The van der Waals surface area contributed by atoms with E-state index in [2.05, 4.69) is 31.3 Å². The second kappa shape index (κ2) is 67.8. The first-order valence-corrected chi connectivity index (χ1v) is 35.6. The van der Waals surface area contributed by atoms with E-state index in [0.29, 0.717) is 19.4 Å². The molecule has 0 aromatic heterocycles. The Morgan fingerprint density at radius 1 is 0.346 bits per heavy atom. The monoisotopic (exact) mass is 1100 g/mol. The van der Waals surface area contributed by atoms with Gasteiger partial charge in [0.05, 0.1) is 25.4 Å². The SMILES string of the molecule is CCCCCCCCCCCCCCCCCCC/C=C/C(O)C(CO)NC(=O)CCCCCCCCCCCCCCCCC/C=C\CCCCCCCCCCCCCCOC(=O)CCCCCCCCCCCCC. The fourth-order valence-electron chi connectivity index (χ4n) is 11.3. The summed E-state index contributed by atoms with van der Waals surface area (Å²) in [7, 11) is 0. The van der Waals surface area contributed by atoms with Crippen molar-refractivity contribution in [1.29, 1.82) is 0 Å². The Morgan fingerprint density at radius 3 is 0.910 bits per heavy atom. The van der Waals surface area contributed by atoms with Gasteiger partial charge in [-0.05, 0) is 57.8 Å². The van der Waals surface area contributed by atoms with E-state index in [1.165, 1.54) is 334 Å². The molecule has 0 radical (unpaired) electrons. The smallest absolute Gasteiger partial charge is 0.305 e. The molecular weight excluding hydrogens is 959 g/mol. The fraction of sp³-hybridized carbons (Fsp3) is 0.917. The lowest BCUT2D eigenvalue weighted by Crippen LogP contribution is -2.45.